The van der Waals surface area contributed by atoms with Gasteiger partial charge in [-0.05, 0) is 0 Å². The SMILES string of the molecule is Br.Br.Br.[CH3][Hf]([CH3])([CH3])([CH3])([CH3])[C]1=CC=CC1. The van der Waals surface area contributed by atoms with Gasteiger partial charge in [0.05, 0.1) is 0 Å². The van der Waals surface area contributed by atoms with Crippen LogP contribution in [0, 0.1) is 0 Å². The van der Waals surface area contributed by atoms with Gasteiger partial charge in [-0.3, -0.25) is 0 Å². The van der Waals surface area contributed by atoms with E-state index in [0.717, 1.165) is 0 Å². The van der Waals surface area contributed by atoms with Gasteiger partial charge in [0.15, 0.2) is 0 Å². The van der Waals surface area contributed by atoms with Crippen LogP contribution < -0.4 is 0 Å². The molecule has 0 saturated heterocycles. The molecular formula is C10H23Br3Hf. The summed E-state index contributed by atoms with van der Waals surface area (Å²) in [5.41, 5.74) is 0. The zero-order valence-corrected chi connectivity index (χ0v) is 18.4. The van der Waals surface area contributed by atoms with Gasteiger partial charge in [-0.1, -0.05) is 0 Å². The third-order valence-electron chi connectivity index (χ3n) is 2.38. The molecule has 0 fully saturated rings. The van der Waals surface area contributed by atoms with Crippen molar-refractivity contribution in [2.24, 2.45) is 0 Å². The van der Waals surface area contributed by atoms with Gasteiger partial charge in [-0.15, -0.1) is 50.9 Å². The maximum absolute atomic E-state index is 2.87. The van der Waals surface area contributed by atoms with Crippen molar-refractivity contribution < 1.29 is 17.0 Å². The standard InChI is InChI=1S/C5H5.5CH3.3BrH.Hf/c1-2-4-5-3-1;;;;;;;;;/h1-3H,4H2;5*1H3;3*1H;. The molecule has 0 aromatic rings. The van der Waals surface area contributed by atoms with E-state index >= 15 is 0 Å². The van der Waals surface area contributed by atoms with Crippen molar-refractivity contribution in [1.82, 2.24) is 0 Å². The van der Waals surface area contributed by atoms with Crippen LogP contribution in [0.5, 0.6) is 0 Å². The number of halogens is 3. The molecule has 0 spiro atoms. The van der Waals surface area contributed by atoms with Gasteiger partial charge in [0, 0.05) is 0 Å². The number of hydrogen-bond donors (Lipinski definition) is 0. The van der Waals surface area contributed by atoms with Crippen molar-refractivity contribution in [3.8, 4) is 0 Å². The van der Waals surface area contributed by atoms with Crippen LogP contribution in [-0.4, -0.2) is 0 Å². The molecule has 0 unspecified atom stereocenters. The van der Waals surface area contributed by atoms with Gasteiger partial charge in [0.25, 0.3) is 0 Å². The fourth-order valence-electron chi connectivity index (χ4n) is 1.37. The van der Waals surface area contributed by atoms with E-state index < -0.39 is 17.0 Å². The molecule has 0 bridgehead atoms. The summed E-state index contributed by atoms with van der Waals surface area (Å²) in [5, 5.41) is 0. The van der Waals surface area contributed by atoms with E-state index in [9.17, 15) is 0 Å². The molecule has 0 amide bonds. The molecule has 14 heavy (non-hydrogen) atoms. The Kier molecular flexibility index (Phi) is 7.49. The van der Waals surface area contributed by atoms with Gasteiger partial charge in [0.2, 0.25) is 0 Å². The fraction of sp³-hybridized carbons (Fsp3) is 0.600. The minimum absolute atomic E-state index is 0. The summed E-state index contributed by atoms with van der Waals surface area (Å²) in [6.45, 7) is 0. The summed E-state index contributed by atoms with van der Waals surface area (Å²) < 4.78 is 14.3. The second-order valence-corrected chi connectivity index (χ2v) is 54.8. The van der Waals surface area contributed by atoms with Gasteiger partial charge in [-0.25, -0.2) is 0 Å². The van der Waals surface area contributed by atoms with E-state index in [-0.39, 0.29) is 50.9 Å². The molecule has 4 heteroatoms. The van der Waals surface area contributed by atoms with Gasteiger partial charge < -0.3 is 0 Å². The van der Waals surface area contributed by atoms with E-state index in [1.165, 1.54) is 6.42 Å². The first-order valence-corrected chi connectivity index (χ1v) is 24.2. The number of hydrogen-bond acceptors (Lipinski definition) is 0. The Labute approximate surface area is 118 Å². The van der Waals surface area contributed by atoms with Crippen LogP contribution in [0.1, 0.15) is 6.42 Å². The molecule has 1 rings (SSSR count). The second-order valence-electron chi connectivity index (χ2n) is 7.57. The minimum atomic E-state index is -2.87. The van der Waals surface area contributed by atoms with Crippen molar-refractivity contribution in [2.75, 3.05) is 0 Å². The average molecular weight is 561 g/mol. The summed E-state index contributed by atoms with van der Waals surface area (Å²) in [5.74, 6) is 0. The Hall–Kier alpha value is 1.79. The summed E-state index contributed by atoms with van der Waals surface area (Å²) in [6.07, 6.45) is 8.01. The molecule has 0 atom stereocenters. The van der Waals surface area contributed by atoms with Crippen molar-refractivity contribution in [2.45, 2.75) is 29.8 Å². The van der Waals surface area contributed by atoms with E-state index in [1.807, 2.05) is 0 Å². The molecular weight excluding hydrogens is 538 g/mol. The third-order valence-corrected chi connectivity index (χ3v) is 15.2. The molecule has 0 aromatic carbocycles. The Balaban J connectivity index is -0.000000403. The van der Waals surface area contributed by atoms with Gasteiger partial charge in [-0.2, -0.15) is 0 Å². The van der Waals surface area contributed by atoms with Crippen molar-refractivity contribution in [3.05, 3.63) is 21.6 Å². The molecule has 1 aliphatic carbocycles. The fourth-order valence-corrected chi connectivity index (χ4v) is 8.80. The topological polar surface area (TPSA) is 0 Å². The molecule has 1 aliphatic rings. The Morgan fingerprint density at radius 3 is 1.50 bits per heavy atom. The first kappa shape index (κ1) is 21.1. The molecule has 88 valence electrons. The molecule has 0 nitrogen and oxygen atoms in total. The normalized spacial score (nSPS) is 19.1. The monoisotopic (exact) mass is 560 g/mol. The number of allylic oxidation sites excluding steroid dienone is 4. The molecule has 0 N–H and O–H groups in total. The van der Waals surface area contributed by atoms with Gasteiger partial charge in [0.1, 0.15) is 0 Å². The summed E-state index contributed by atoms with van der Waals surface area (Å²) >= 11 is -2.87. The van der Waals surface area contributed by atoms with Crippen LogP contribution >= 0.6 is 50.9 Å². The van der Waals surface area contributed by atoms with E-state index in [4.69, 9.17) is 0 Å². The first-order valence-electron chi connectivity index (χ1n) is 4.47. The third kappa shape index (κ3) is 6.39. The molecule has 0 aliphatic heterocycles. The Morgan fingerprint density at radius 2 is 1.36 bits per heavy atom. The molecule has 0 saturated carbocycles. The van der Waals surface area contributed by atoms with Crippen LogP contribution in [-0.2, 0) is 17.0 Å². The van der Waals surface area contributed by atoms with Crippen LogP contribution in [0.25, 0.3) is 0 Å². The van der Waals surface area contributed by atoms with Crippen LogP contribution in [0.2, 0.25) is 23.4 Å². The van der Waals surface area contributed by atoms with Crippen LogP contribution in [0.4, 0.5) is 0 Å². The predicted molar refractivity (Wildman–Crippen MR) is 82.1 cm³/mol. The van der Waals surface area contributed by atoms with Crippen LogP contribution in [0.15, 0.2) is 21.6 Å². The maximum atomic E-state index is 2.51. The molecule has 0 radical (unpaired) electrons. The van der Waals surface area contributed by atoms with E-state index in [2.05, 4.69) is 41.6 Å². The Morgan fingerprint density at radius 1 is 0.929 bits per heavy atom. The van der Waals surface area contributed by atoms with E-state index in [0.29, 0.717) is 0 Å². The summed E-state index contributed by atoms with van der Waals surface area (Å²) in [4.78, 5) is 0. The van der Waals surface area contributed by atoms with Crippen molar-refractivity contribution in [3.63, 3.8) is 0 Å². The summed E-state index contributed by atoms with van der Waals surface area (Å²) in [6, 6.07) is 0. The quantitative estimate of drug-likeness (QED) is 0.343. The molecule has 0 heterocycles. The van der Waals surface area contributed by atoms with Crippen molar-refractivity contribution in [1.29, 1.82) is 0 Å². The zero-order chi connectivity index (χ0) is 8.81. The number of rotatable bonds is 1. The average Bonchev–Trinajstić information content (AvgIpc) is 2.01. The molecule has 0 aromatic heterocycles. The summed E-state index contributed by atoms with van der Waals surface area (Å²) in [7, 11) is 0. The van der Waals surface area contributed by atoms with E-state index in [1.54, 1.807) is 3.33 Å². The Bertz CT molecular complexity index is 242. The van der Waals surface area contributed by atoms with Crippen molar-refractivity contribution >= 4 is 50.9 Å². The predicted octanol–water partition coefficient (Wildman–Crippen LogP) is 6.03. The zero-order valence-electron chi connectivity index (χ0n) is 9.66. The van der Waals surface area contributed by atoms with Crippen LogP contribution in [0.3, 0.4) is 0 Å². The first-order chi connectivity index (χ1) is 4.59. The van der Waals surface area contributed by atoms with Gasteiger partial charge >= 0.3 is 68.4 Å². The second kappa shape index (κ2) is 4.97.